The molecule has 0 bridgehead atoms. The zero-order valence-corrected chi connectivity index (χ0v) is 59.3. The van der Waals surface area contributed by atoms with Gasteiger partial charge < -0.3 is 122 Å². The van der Waals surface area contributed by atoms with Gasteiger partial charge in [-0.3, -0.25) is 81.7 Å². The average Bonchev–Trinajstić information content (AvgIpc) is 0.944. The van der Waals surface area contributed by atoms with Gasteiger partial charge in [0.1, 0.15) is 5.84 Å². The number of alkyl halides is 1. The Bertz CT molecular complexity index is 2700. The second-order valence-corrected chi connectivity index (χ2v) is 23.7. The molecule has 0 fully saturated rings. The van der Waals surface area contributed by atoms with Crippen LogP contribution in [0.4, 0.5) is 0 Å². The summed E-state index contributed by atoms with van der Waals surface area (Å²) in [5, 5.41) is 30.8. The molecule has 0 radical (unpaired) electrons. The monoisotopic (exact) mass is 1460 g/mol. The van der Waals surface area contributed by atoms with Gasteiger partial charge in [-0.1, -0.05) is 13.8 Å². The molecule has 0 aromatic rings. The van der Waals surface area contributed by atoms with Crippen molar-refractivity contribution in [2.75, 3.05) is 203 Å². The lowest BCUT2D eigenvalue weighted by Crippen LogP contribution is -2.51. The summed E-state index contributed by atoms with van der Waals surface area (Å²) < 4.78 is 0. The van der Waals surface area contributed by atoms with Crippen molar-refractivity contribution in [1.82, 2.24) is 82.2 Å². The number of nitrogens with two attached hydrogens (primary N) is 6. The Morgan fingerprint density at radius 3 is 1.00 bits per heavy atom. The van der Waals surface area contributed by atoms with Gasteiger partial charge in [0.15, 0.2) is 0 Å². The summed E-state index contributed by atoms with van der Waals surface area (Å²) in [4.78, 5) is 219. The molecule has 0 aliphatic carbocycles. The third-order valence-electron chi connectivity index (χ3n) is 14.2. The average molecular weight is 1460 g/mol. The minimum absolute atomic E-state index is 0.00676. The quantitative estimate of drug-likeness (QED) is 0.0116. The van der Waals surface area contributed by atoms with E-state index in [4.69, 9.17) is 51.1 Å². The van der Waals surface area contributed by atoms with Crippen molar-refractivity contribution in [3.63, 3.8) is 0 Å². The van der Waals surface area contributed by atoms with Gasteiger partial charge in [0.2, 0.25) is 94.5 Å². The normalized spacial score (nSPS) is 10.9. The van der Waals surface area contributed by atoms with Gasteiger partial charge in [-0.2, -0.15) is 0 Å². The largest absolute Gasteiger partial charge is 0.395 e. The highest BCUT2D eigenvalue weighted by Gasteiger charge is 2.27. The lowest BCUT2D eigenvalue weighted by molar-refractivity contribution is -0.141. The predicted octanol–water partition coefficient (Wildman–Crippen LogP) is -11.0. The van der Waals surface area contributed by atoms with E-state index in [0.717, 1.165) is 29.4 Å². The number of hydrogen-bond acceptors (Lipinski definition) is 23. The number of primary amides is 1. The highest BCUT2D eigenvalue weighted by molar-refractivity contribution is 6.28. The van der Waals surface area contributed by atoms with E-state index in [1.807, 2.05) is 0 Å². The van der Waals surface area contributed by atoms with Crippen LogP contribution >= 0.6 is 11.6 Å². The number of amidine groups is 1. The maximum atomic E-state index is 13.5. The van der Waals surface area contributed by atoms with E-state index in [2.05, 4.69) is 52.8 Å². The Morgan fingerprint density at radius 2 is 0.673 bits per heavy atom. The molecule has 0 aromatic heterocycles. The lowest BCUT2D eigenvalue weighted by atomic mass is 10.2. The van der Waals surface area contributed by atoms with E-state index in [0.29, 0.717) is 57.9 Å². The fraction of sp³-hybridized carbons (Fsp3) is 0.717. The number of aliphatic imine (C=N–C) groups is 1. The second-order valence-electron chi connectivity index (χ2n) is 23.4. The number of aliphatic hydroxyl groups is 1. The zero-order valence-electron chi connectivity index (χ0n) is 58.6. The third kappa shape index (κ3) is 46.2. The second kappa shape index (κ2) is 55.8. The first-order chi connectivity index (χ1) is 48.0. The maximum Gasteiger partial charge on any atom is 0.242 e. The van der Waals surface area contributed by atoms with E-state index < -0.39 is 186 Å². The number of nitrogens with one attached hydrogen (secondary N) is 9. The Kier molecular flexibility index (Phi) is 50.8. The summed E-state index contributed by atoms with van der Waals surface area (Å²) >= 11 is 5.68. The van der Waals surface area contributed by atoms with Crippen molar-refractivity contribution >= 4 is 112 Å². The van der Waals surface area contributed by atoms with Crippen molar-refractivity contribution in [2.45, 2.75) is 71.6 Å². The molecule has 0 saturated heterocycles. The fourth-order valence-corrected chi connectivity index (χ4v) is 8.84. The van der Waals surface area contributed by atoms with Crippen LogP contribution in [0.3, 0.4) is 0 Å². The van der Waals surface area contributed by atoms with E-state index in [1.54, 1.807) is 13.8 Å². The topological polar surface area (TPSA) is 593 Å². The van der Waals surface area contributed by atoms with Crippen molar-refractivity contribution in [3.8, 4) is 0 Å². The van der Waals surface area contributed by atoms with Crippen molar-refractivity contribution in [2.24, 2.45) is 45.3 Å². The number of carbonyl (C=O) groups excluding carboxylic acids is 16. The molecular weight excluding hydrogens is 1350 g/mol. The van der Waals surface area contributed by atoms with Crippen LogP contribution in [0.5, 0.6) is 0 Å². The fourth-order valence-electron chi connectivity index (χ4n) is 8.76. The minimum Gasteiger partial charge on any atom is -0.395 e. The van der Waals surface area contributed by atoms with Gasteiger partial charge in [0.25, 0.3) is 0 Å². The molecule has 22 N–H and O–H groups in total. The molecule has 101 heavy (non-hydrogen) atoms. The van der Waals surface area contributed by atoms with Gasteiger partial charge in [-0.05, 0) is 89.9 Å². The number of halogens is 1. The van der Waals surface area contributed by atoms with Crippen LogP contribution in [0.25, 0.3) is 0 Å². The van der Waals surface area contributed by atoms with Gasteiger partial charge in [-0.15, -0.1) is 11.6 Å². The Labute approximate surface area is 593 Å². The molecule has 0 heterocycles. The summed E-state index contributed by atoms with van der Waals surface area (Å²) in [5.74, 6) is -11.4. The summed E-state index contributed by atoms with van der Waals surface area (Å²) in [6, 6.07) is 0. The van der Waals surface area contributed by atoms with Crippen LogP contribution in [0.2, 0.25) is 0 Å². The number of unbranched alkanes of at least 4 members (excludes halogenated alkanes) is 4. The standard InChI is InChI=1S/C60H110ClN23O17/c1-43(2)35-84(41-53(94)76-33-58(99)81(21-10-6-15-64)37-49(90)70-27-47(88)72-29-54(95)78(3)42-60(101)79(36-45(67)86)19-8-4-13-62)59(100)34-77-51(92)39-82(22-11-7-16-65)55(96)31-74-48(89)28-71-50(91)38-80(20-9-5-14-63)57(98)32-75-52(93)40-83(23-12-17-69-44(66)25-61)56(97)30-73-46(87)26-68-18-24-85/h43,68,85H,4-42,62-65H2,1-3H3,(H2,66,69)(H2,67,86)(H,70,90)(H,71,91)(H,72,88)(H,73,87)(H,74,89)(H,75,93)(H,76,94)(H,77,92). The van der Waals surface area contributed by atoms with Crippen molar-refractivity contribution < 1.29 is 81.8 Å². The molecule has 0 aliphatic rings. The summed E-state index contributed by atoms with van der Waals surface area (Å²) in [6.45, 7) is -3.24. The Hall–Kier alpha value is -8.96. The van der Waals surface area contributed by atoms with E-state index >= 15 is 0 Å². The van der Waals surface area contributed by atoms with Crippen LogP contribution < -0.4 is 82.3 Å². The smallest absolute Gasteiger partial charge is 0.242 e. The molecule has 0 atom stereocenters. The number of nitrogens with zero attached hydrogens (tertiary/aromatic N) is 8. The first-order valence-electron chi connectivity index (χ1n) is 33.3. The molecule has 40 nitrogen and oxygen atoms in total. The van der Waals surface area contributed by atoms with E-state index in [9.17, 15) is 76.7 Å². The van der Waals surface area contributed by atoms with Crippen LogP contribution in [0, 0.1) is 5.92 Å². The number of rotatable bonds is 57. The van der Waals surface area contributed by atoms with Gasteiger partial charge in [-0.25, -0.2) is 0 Å². The van der Waals surface area contributed by atoms with Crippen LogP contribution in [0.15, 0.2) is 4.99 Å². The maximum absolute atomic E-state index is 13.5. The number of hydrogen-bond donors (Lipinski definition) is 16. The SMILES string of the molecule is CC(C)CN(CC(=O)NCC(=O)N(CCCCN)CC(=O)NCC(=O)NCC(=O)N(C)CC(=O)N(CCCCN)CC(N)=O)C(=O)CNC(=O)CN(CCCCN)C(=O)CNC(=O)CNC(=O)CN(CCCCN)C(=O)CNC(=O)CN(CCCN=C(N)CCl)C(=O)CNC(=O)CNCCO. The molecular formula is C60H110ClN23O17. The molecule has 41 heteroatoms. The predicted molar refractivity (Wildman–Crippen MR) is 370 cm³/mol. The van der Waals surface area contributed by atoms with Crippen molar-refractivity contribution in [1.29, 1.82) is 0 Å². The van der Waals surface area contributed by atoms with Crippen molar-refractivity contribution in [3.05, 3.63) is 0 Å². The molecule has 0 unspecified atom stereocenters. The third-order valence-corrected chi connectivity index (χ3v) is 14.4. The number of likely N-dealkylation sites (N-methyl/N-ethyl adjacent to an activating group) is 1. The molecule has 0 spiro atoms. The van der Waals surface area contributed by atoms with Gasteiger partial charge in [0, 0.05) is 59.4 Å². The van der Waals surface area contributed by atoms with Gasteiger partial charge >= 0.3 is 0 Å². The number of amides is 16. The van der Waals surface area contributed by atoms with E-state index in [1.165, 1.54) is 11.9 Å². The first kappa shape index (κ1) is 92.0. The number of carbonyl (C=O) groups is 16. The number of aliphatic hydroxyl groups excluding tert-OH is 1. The van der Waals surface area contributed by atoms with Crippen LogP contribution in [0.1, 0.15) is 71.6 Å². The summed E-state index contributed by atoms with van der Waals surface area (Å²) in [5.41, 5.74) is 33.4. The van der Waals surface area contributed by atoms with Crippen LogP contribution in [-0.4, -0.2) is 343 Å². The highest BCUT2D eigenvalue weighted by Crippen LogP contribution is 2.04. The minimum atomic E-state index is -0.821. The zero-order chi connectivity index (χ0) is 76.1. The Morgan fingerprint density at radius 1 is 0.376 bits per heavy atom. The van der Waals surface area contributed by atoms with Gasteiger partial charge in [0.05, 0.1) is 117 Å². The molecule has 0 saturated carbocycles. The molecule has 0 aliphatic heterocycles. The Balaban J connectivity index is 5.59. The molecule has 16 amide bonds. The lowest BCUT2D eigenvalue weighted by Gasteiger charge is -2.26. The van der Waals surface area contributed by atoms with Crippen LogP contribution in [-0.2, 0) is 76.7 Å². The molecule has 0 aromatic carbocycles. The van der Waals surface area contributed by atoms with E-state index in [-0.39, 0.29) is 116 Å². The highest BCUT2D eigenvalue weighted by atomic mass is 35.5. The molecule has 574 valence electrons. The molecule has 0 rings (SSSR count). The summed E-state index contributed by atoms with van der Waals surface area (Å²) in [7, 11) is 1.32. The first-order valence-corrected chi connectivity index (χ1v) is 33.9. The summed E-state index contributed by atoms with van der Waals surface area (Å²) in [6.07, 6.45) is 3.84.